The van der Waals surface area contributed by atoms with Crippen molar-refractivity contribution >= 4 is 0 Å². The van der Waals surface area contributed by atoms with E-state index in [9.17, 15) is 18.3 Å². The molecule has 4 rings (SSSR count). The zero-order valence-corrected chi connectivity index (χ0v) is 23.2. The fraction of sp³-hybridized carbons (Fsp3) is 0.412. The highest BCUT2D eigenvalue weighted by atomic mass is 19.2. The zero-order valence-electron chi connectivity index (χ0n) is 23.2. The van der Waals surface area contributed by atoms with Gasteiger partial charge >= 0.3 is 0 Å². The number of hydrogen-bond donors (Lipinski definition) is 1. The second-order valence-corrected chi connectivity index (χ2v) is 10.7. The largest absolute Gasteiger partial charge is 0.493 e. The Labute approximate surface area is 235 Å². The van der Waals surface area contributed by atoms with Crippen molar-refractivity contribution in [1.82, 2.24) is 0 Å². The van der Waals surface area contributed by atoms with E-state index in [1.807, 2.05) is 25.1 Å². The van der Waals surface area contributed by atoms with Crippen molar-refractivity contribution in [3.63, 3.8) is 0 Å². The van der Waals surface area contributed by atoms with Crippen LogP contribution in [0.25, 0.3) is 11.1 Å². The van der Waals surface area contributed by atoms with E-state index in [2.05, 4.69) is 6.58 Å². The Balaban J connectivity index is 1.29. The van der Waals surface area contributed by atoms with Crippen LogP contribution < -0.4 is 9.47 Å². The summed E-state index contributed by atoms with van der Waals surface area (Å²) in [7, 11) is 0. The average Bonchev–Trinajstić information content (AvgIpc) is 2.97. The number of aliphatic hydroxyl groups is 1. The Hall–Kier alpha value is -3.25. The maximum atomic E-state index is 14.9. The van der Waals surface area contributed by atoms with Crippen LogP contribution >= 0.6 is 0 Å². The van der Waals surface area contributed by atoms with E-state index < -0.39 is 17.7 Å². The summed E-state index contributed by atoms with van der Waals surface area (Å²) >= 11 is 0. The summed E-state index contributed by atoms with van der Waals surface area (Å²) in [5.74, 6) is -1.46. The molecule has 0 bridgehead atoms. The maximum Gasteiger partial charge on any atom is 0.201 e. The topological polar surface area (TPSA) is 38.7 Å². The molecule has 3 nitrogen and oxygen atoms in total. The maximum absolute atomic E-state index is 14.9. The Morgan fingerprint density at radius 3 is 2.38 bits per heavy atom. The van der Waals surface area contributed by atoms with Gasteiger partial charge in [-0.05, 0) is 91.7 Å². The van der Waals surface area contributed by atoms with Gasteiger partial charge < -0.3 is 14.6 Å². The highest BCUT2D eigenvalue weighted by Crippen LogP contribution is 2.38. The third kappa shape index (κ3) is 7.48. The first kappa shape index (κ1) is 29.7. The number of aliphatic hydroxyl groups excluding tert-OH is 1. The third-order valence-electron chi connectivity index (χ3n) is 7.77. The Bertz CT molecular complexity index is 1250. The van der Waals surface area contributed by atoms with Crippen molar-refractivity contribution in [1.29, 1.82) is 0 Å². The van der Waals surface area contributed by atoms with Crippen LogP contribution in [-0.4, -0.2) is 18.3 Å². The minimum Gasteiger partial charge on any atom is -0.493 e. The molecular formula is C34H39F3O3. The predicted octanol–water partition coefficient (Wildman–Crippen LogP) is 9.30. The van der Waals surface area contributed by atoms with Gasteiger partial charge in [0.15, 0.2) is 11.6 Å². The Kier molecular flexibility index (Phi) is 10.7. The SMILES string of the molecule is C=CCCCOc1ccc(C2CCC(COc3ccc(-c4ccc(C(O)CCC)cc4)c(F)c3F)CC2)c(F)c1. The minimum absolute atomic E-state index is 0.104. The van der Waals surface area contributed by atoms with Crippen molar-refractivity contribution in [3.8, 4) is 22.6 Å². The van der Waals surface area contributed by atoms with Crippen LogP contribution in [0.5, 0.6) is 11.5 Å². The highest BCUT2D eigenvalue weighted by molar-refractivity contribution is 5.65. The molecule has 6 heteroatoms. The lowest BCUT2D eigenvalue weighted by molar-refractivity contribution is 0.166. The summed E-state index contributed by atoms with van der Waals surface area (Å²) in [6.45, 7) is 6.49. The molecule has 40 heavy (non-hydrogen) atoms. The van der Waals surface area contributed by atoms with E-state index in [0.29, 0.717) is 29.9 Å². The molecular weight excluding hydrogens is 513 g/mol. The van der Waals surface area contributed by atoms with Gasteiger partial charge in [0, 0.05) is 11.6 Å². The molecule has 1 fully saturated rings. The lowest BCUT2D eigenvalue weighted by Crippen LogP contribution is -2.20. The van der Waals surface area contributed by atoms with E-state index >= 15 is 0 Å². The summed E-state index contributed by atoms with van der Waals surface area (Å²) in [6.07, 6.45) is 7.73. The monoisotopic (exact) mass is 552 g/mol. The molecule has 1 aliphatic carbocycles. The van der Waals surface area contributed by atoms with E-state index in [0.717, 1.165) is 50.5 Å². The van der Waals surface area contributed by atoms with Crippen molar-refractivity contribution in [2.75, 3.05) is 13.2 Å². The lowest BCUT2D eigenvalue weighted by Gasteiger charge is -2.29. The quantitative estimate of drug-likeness (QED) is 0.170. The number of allylic oxidation sites excluding steroid dienone is 1. The van der Waals surface area contributed by atoms with Crippen LogP contribution in [0.15, 0.2) is 67.3 Å². The molecule has 1 saturated carbocycles. The summed E-state index contributed by atoms with van der Waals surface area (Å²) in [5, 5.41) is 10.1. The standard InChI is InChI=1S/C34H39F3O3/c1-3-5-6-20-39-27-16-17-28(30(35)21-27)24-10-8-23(9-11-24)22-40-32-19-18-29(33(36)34(32)37)25-12-14-26(15-13-25)31(38)7-4-2/h3,12-19,21,23-24,31,38H,1,4-11,20,22H2,2H3. The van der Waals surface area contributed by atoms with E-state index in [1.54, 1.807) is 24.3 Å². The summed E-state index contributed by atoms with van der Waals surface area (Å²) in [5.41, 5.74) is 2.14. The van der Waals surface area contributed by atoms with Crippen LogP contribution in [0.3, 0.4) is 0 Å². The predicted molar refractivity (Wildman–Crippen MR) is 153 cm³/mol. The van der Waals surface area contributed by atoms with Gasteiger partial charge in [-0.25, -0.2) is 8.78 Å². The minimum atomic E-state index is -1.00. The van der Waals surface area contributed by atoms with E-state index in [4.69, 9.17) is 9.47 Å². The second kappa shape index (κ2) is 14.4. The van der Waals surface area contributed by atoms with Gasteiger partial charge in [-0.3, -0.25) is 0 Å². The van der Waals surface area contributed by atoms with Crippen LogP contribution in [0, 0.1) is 23.4 Å². The average molecular weight is 553 g/mol. The van der Waals surface area contributed by atoms with Crippen LogP contribution in [0.1, 0.15) is 81.4 Å². The third-order valence-corrected chi connectivity index (χ3v) is 7.77. The van der Waals surface area contributed by atoms with Gasteiger partial charge in [0.25, 0.3) is 0 Å². The molecule has 1 N–H and O–H groups in total. The molecule has 0 amide bonds. The molecule has 0 aromatic heterocycles. The molecule has 0 spiro atoms. The lowest BCUT2D eigenvalue weighted by atomic mass is 9.79. The fourth-order valence-electron chi connectivity index (χ4n) is 5.39. The Morgan fingerprint density at radius 2 is 1.70 bits per heavy atom. The van der Waals surface area contributed by atoms with Crippen LogP contribution in [-0.2, 0) is 0 Å². The molecule has 1 atom stereocenters. The number of unbranched alkanes of at least 4 members (excludes halogenated alkanes) is 1. The first-order valence-corrected chi connectivity index (χ1v) is 14.3. The number of rotatable bonds is 13. The number of benzene rings is 3. The van der Waals surface area contributed by atoms with Gasteiger partial charge in [0.05, 0.1) is 19.3 Å². The van der Waals surface area contributed by atoms with Crippen molar-refractivity contribution in [3.05, 3.63) is 95.8 Å². The van der Waals surface area contributed by atoms with Crippen molar-refractivity contribution < 1.29 is 27.8 Å². The summed E-state index contributed by atoms with van der Waals surface area (Å²) in [4.78, 5) is 0. The van der Waals surface area contributed by atoms with Gasteiger partial charge in [-0.1, -0.05) is 49.8 Å². The van der Waals surface area contributed by atoms with Crippen LogP contribution in [0.2, 0.25) is 0 Å². The van der Waals surface area contributed by atoms with Gasteiger partial charge in [0.2, 0.25) is 5.82 Å². The van der Waals surface area contributed by atoms with E-state index in [1.165, 1.54) is 18.2 Å². The summed E-state index contributed by atoms with van der Waals surface area (Å²) in [6, 6.07) is 15.0. The normalized spacial score (nSPS) is 17.8. The Morgan fingerprint density at radius 1 is 0.950 bits per heavy atom. The molecule has 1 unspecified atom stereocenters. The highest BCUT2D eigenvalue weighted by Gasteiger charge is 2.26. The summed E-state index contributed by atoms with van der Waals surface area (Å²) < 4.78 is 56.0. The van der Waals surface area contributed by atoms with Gasteiger partial charge in [-0.15, -0.1) is 6.58 Å². The molecule has 0 saturated heterocycles. The molecule has 3 aromatic carbocycles. The fourth-order valence-corrected chi connectivity index (χ4v) is 5.39. The van der Waals surface area contributed by atoms with Gasteiger partial charge in [-0.2, -0.15) is 4.39 Å². The van der Waals surface area contributed by atoms with E-state index in [-0.39, 0.29) is 35.6 Å². The zero-order chi connectivity index (χ0) is 28.5. The molecule has 3 aromatic rings. The molecule has 0 radical (unpaired) electrons. The molecule has 1 aliphatic rings. The number of hydrogen-bond acceptors (Lipinski definition) is 3. The number of halogens is 3. The smallest absolute Gasteiger partial charge is 0.201 e. The first-order valence-electron chi connectivity index (χ1n) is 14.3. The molecule has 214 valence electrons. The van der Waals surface area contributed by atoms with Crippen molar-refractivity contribution in [2.24, 2.45) is 5.92 Å². The second-order valence-electron chi connectivity index (χ2n) is 10.7. The first-order chi connectivity index (χ1) is 19.4. The van der Waals surface area contributed by atoms with Crippen LogP contribution in [0.4, 0.5) is 13.2 Å². The van der Waals surface area contributed by atoms with Gasteiger partial charge in [0.1, 0.15) is 11.6 Å². The molecule has 0 aliphatic heterocycles. The number of ether oxygens (including phenoxy) is 2. The molecule has 0 heterocycles. The van der Waals surface area contributed by atoms with Crippen molar-refractivity contribution in [2.45, 2.75) is 70.3 Å².